The molecule has 1 heterocycles. The van der Waals surface area contributed by atoms with Gasteiger partial charge in [0.25, 0.3) is 0 Å². The molecular weight excluding hydrogens is 364 g/mol. The Morgan fingerprint density at radius 3 is 2.55 bits per heavy atom. The number of guanidine groups is 1. The molecule has 0 aliphatic rings. The molecule has 2 N–H and O–H groups in total. The predicted molar refractivity (Wildman–Crippen MR) is 120 cm³/mol. The zero-order valence-electron chi connectivity index (χ0n) is 18.5. The highest BCUT2D eigenvalue weighted by Crippen LogP contribution is 2.14. The van der Waals surface area contributed by atoms with Crippen LogP contribution in [0, 0.1) is 0 Å². The van der Waals surface area contributed by atoms with Gasteiger partial charge in [-0.05, 0) is 69.7 Å². The third kappa shape index (κ3) is 7.42. The van der Waals surface area contributed by atoms with Crippen molar-refractivity contribution in [2.24, 2.45) is 4.99 Å². The number of aromatic nitrogens is 2. The largest absolute Gasteiger partial charge is 0.497 e. The summed E-state index contributed by atoms with van der Waals surface area (Å²) in [6.45, 7) is 10.6. The van der Waals surface area contributed by atoms with Crippen LogP contribution < -0.4 is 15.4 Å². The molecule has 0 aliphatic heterocycles. The van der Waals surface area contributed by atoms with E-state index in [4.69, 9.17) is 4.74 Å². The van der Waals surface area contributed by atoms with E-state index in [2.05, 4.69) is 46.4 Å². The maximum absolute atomic E-state index is 5.20. The van der Waals surface area contributed by atoms with Gasteiger partial charge in [-0.2, -0.15) is 5.10 Å². The molecule has 1 aromatic carbocycles. The van der Waals surface area contributed by atoms with E-state index < -0.39 is 0 Å². The number of benzene rings is 1. The van der Waals surface area contributed by atoms with Crippen LogP contribution in [0.15, 0.2) is 41.5 Å². The van der Waals surface area contributed by atoms with Crippen molar-refractivity contribution < 1.29 is 4.74 Å². The summed E-state index contributed by atoms with van der Waals surface area (Å²) in [7, 11) is 3.47. The molecule has 29 heavy (non-hydrogen) atoms. The van der Waals surface area contributed by atoms with Crippen molar-refractivity contribution in [2.45, 2.75) is 46.2 Å². The van der Waals surface area contributed by atoms with Crippen molar-refractivity contribution in [1.29, 1.82) is 0 Å². The highest BCUT2D eigenvalue weighted by molar-refractivity contribution is 5.79. The summed E-state index contributed by atoms with van der Waals surface area (Å²) >= 11 is 0. The lowest BCUT2D eigenvalue weighted by atomic mass is 10.2. The van der Waals surface area contributed by atoms with E-state index in [1.165, 1.54) is 6.42 Å². The van der Waals surface area contributed by atoms with Gasteiger partial charge in [0, 0.05) is 19.3 Å². The van der Waals surface area contributed by atoms with Gasteiger partial charge in [0.2, 0.25) is 0 Å². The first kappa shape index (κ1) is 22.7. The lowest BCUT2D eigenvalue weighted by Crippen LogP contribution is -2.42. The van der Waals surface area contributed by atoms with Crippen LogP contribution in [0.1, 0.15) is 39.3 Å². The predicted octanol–water partition coefficient (Wildman–Crippen LogP) is 3.06. The zero-order chi connectivity index (χ0) is 21.1. The molecular formula is C22H36N6O. The second-order valence-corrected chi connectivity index (χ2v) is 7.09. The average molecular weight is 401 g/mol. The van der Waals surface area contributed by atoms with Crippen LogP contribution in [0.2, 0.25) is 0 Å². The monoisotopic (exact) mass is 400 g/mol. The molecule has 7 heteroatoms. The molecule has 0 radical (unpaired) electrons. The normalized spacial score (nSPS) is 12.8. The molecule has 0 saturated carbocycles. The quantitative estimate of drug-likeness (QED) is 0.448. The van der Waals surface area contributed by atoms with Crippen LogP contribution in [0.5, 0.6) is 5.75 Å². The number of methoxy groups -OCH3 is 1. The van der Waals surface area contributed by atoms with Gasteiger partial charge >= 0.3 is 0 Å². The van der Waals surface area contributed by atoms with Crippen LogP contribution in [-0.2, 0) is 6.54 Å². The second kappa shape index (κ2) is 12.1. The molecule has 7 nitrogen and oxygen atoms in total. The van der Waals surface area contributed by atoms with E-state index in [1.54, 1.807) is 14.2 Å². The molecule has 0 amide bonds. The summed E-state index contributed by atoms with van der Waals surface area (Å²) in [5, 5.41) is 11.5. The minimum absolute atomic E-state index is 0.369. The fourth-order valence-corrected chi connectivity index (χ4v) is 3.17. The van der Waals surface area contributed by atoms with Crippen molar-refractivity contribution in [3.05, 3.63) is 42.2 Å². The Morgan fingerprint density at radius 2 is 1.93 bits per heavy atom. The van der Waals surface area contributed by atoms with Gasteiger partial charge < -0.3 is 20.3 Å². The molecule has 2 rings (SSSR count). The number of rotatable bonds is 11. The van der Waals surface area contributed by atoms with Crippen LogP contribution in [0.3, 0.4) is 0 Å². The number of aliphatic imine (C=N–C) groups is 1. The summed E-state index contributed by atoms with van der Waals surface area (Å²) in [5.74, 6) is 1.64. The van der Waals surface area contributed by atoms with Crippen molar-refractivity contribution in [2.75, 3.05) is 33.8 Å². The Kier molecular flexibility index (Phi) is 9.50. The zero-order valence-corrected chi connectivity index (χ0v) is 18.5. The first-order valence-electron chi connectivity index (χ1n) is 10.5. The van der Waals surface area contributed by atoms with E-state index >= 15 is 0 Å². The highest BCUT2D eigenvalue weighted by Gasteiger charge is 2.08. The lowest BCUT2D eigenvalue weighted by molar-refractivity contribution is 0.292. The molecule has 0 spiro atoms. The molecule has 1 aromatic heterocycles. The summed E-state index contributed by atoms with van der Waals surface area (Å²) in [6, 6.07) is 10.2. The van der Waals surface area contributed by atoms with Crippen LogP contribution in [0.25, 0.3) is 5.69 Å². The van der Waals surface area contributed by atoms with Crippen LogP contribution in [0.4, 0.5) is 0 Å². The van der Waals surface area contributed by atoms with Crippen molar-refractivity contribution in [3.8, 4) is 11.4 Å². The maximum Gasteiger partial charge on any atom is 0.191 e. The molecule has 160 valence electrons. The minimum atomic E-state index is 0.369. The standard InChI is InChI=1S/C22H36N6O/c1-6-27(7-2)15-8-9-18(3)25-22(23-4)24-17-19-14-16-28(26-19)20-10-12-21(29-5)13-11-20/h10-14,16,18H,6-9,15,17H2,1-5H3,(H2,23,24,25). The van der Waals surface area contributed by atoms with Gasteiger partial charge in [-0.25, -0.2) is 4.68 Å². The molecule has 0 saturated heterocycles. The number of hydrogen-bond donors (Lipinski definition) is 2. The highest BCUT2D eigenvalue weighted by atomic mass is 16.5. The number of nitrogens with zero attached hydrogens (tertiary/aromatic N) is 4. The number of hydrogen-bond acceptors (Lipinski definition) is 4. The van der Waals surface area contributed by atoms with Crippen LogP contribution >= 0.6 is 0 Å². The van der Waals surface area contributed by atoms with Gasteiger partial charge in [-0.1, -0.05) is 13.8 Å². The van der Waals surface area contributed by atoms with Gasteiger partial charge in [-0.15, -0.1) is 0 Å². The molecule has 2 aromatic rings. The first-order valence-corrected chi connectivity index (χ1v) is 10.5. The molecule has 0 fully saturated rings. The SMILES string of the molecule is CCN(CC)CCCC(C)NC(=NC)NCc1ccn(-c2ccc(OC)cc2)n1. The third-order valence-electron chi connectivity index (χ3n) is 5.03. The van der Waals surface area contributed by atoms with E-state index in [-0.39, 0.29) is 0 Å². The van der Waals surface area contributed by atoms with Gasteiger partial charge in [0.1, 0.15) is 5.75 Å². The maximum atomic E-state index is 5.20. The van der Waals surface area contributed by atoms with E-state index in [0.717, 1.165) is 49.1 Å². The summed E-state index contributed by atoms with van der Waals surface area (Å²) in [6.07, 6.45) is 4.26. The van der Waals surface area contributed by atoms with Crippen molar-refractivity contribution in [3.63, 3.8) is 0 Å². The number of nitrogens with one attached hydrogen (secondary N) is 2. The Morgan fingerprint density at radius 1 is 1.21 bits per heavy atom. The second-order valence-electron chi connectivity index (χ2n) is 7.09. The Bertz CT molecular complexity index is 736. The summed E-state index contributed by atoms with van der Waals surface area (Å²) < 4.78 is 7.07. The topological polar surface area (TPSA) is 66.7 Å². The minimum Gasteiger partial charge on any atom is -0.497 e. The molecule has 0 bridgehead atoms. The summed E-state index contributed by atoms with van der Waals surface area (Å²) in [5.41, 5.74) is 1.96. The fourth-order valence-electron chi connectivity index (χ4n) is 3.17. The number of ether oxygens (including phenoxy) is 1. The van der Waals surface area contributed by atoms with Gasteiger partial charge in [-0.3, -0.25) is 4.99 Å². The Hall–Kier alpha value is -2.54. The summed E-state index contributed by atoms with van der Waals surface area (Å²) in [4.78, 5) is 6.80. The Balaban J connectivity index is 1.79. The molecule has 1 unspecified atom stereocenters. The van der Waals surface area contributed by atoms with Crippen molar-refractivity contribution >= 4 is 5.96 Å². The van der Waals surface area contributed by atoms with Crippen molar-refractivity contribution in [1.82, 2.24) is 25.3 Å². The smallest absolute Gasteiger partial charge is 0.191 e. The molecule has 1 atom stereocenters. The Labute approximate surface area is 175 Å². The first-order chi connectivity index (χ1) is 14.1. The average Bonchev–Trinajstić information content (AvgIpc) is 3.23. The van der Waals surface area contributed by atoms with Gasteiger partial charge in [0.05, 0.1) is 25.0 Å². The van der Waals surface area contributed by atoms with E-state index in [0.29, 0.717) is 12.6 Å². The van der Waals surface area contributed by atoms with Gasteiger partial charge in [0.15, 0.2) is 5.96 Å². The van der Waals surface area contributed by atoms with E-state index in [1.807, 2.05) is 41.2 Å². The molecule has 0 aliphatic carbocycles. The third-order valence-corrected chi connectivity index (χ3v) is 5.03. The van der Waals surface area contributed by atoms with E-state index in [9.17, 15) is 0 Å². The van der Waals surface area contributed by atoms with Crippen LogP contribution in [-0.4, -0.2) is 60.5 Å². The lowest BCUT2D eigenvalue weighted by Gasteiger charge is -2.21. The fraction of sp³-hybridized carbons (Fsp3) is 0.545.